The van der Waals surface area contributed by atoms with E-state index in [1.54, 1.807) is 13.3 Å². The van der Waals surface area contributed by atoms with E-state index < -0.39 is 0 Å². The minimum Gasteiger partial charge on any atom is -0.378 e. The van der Waals surface area contributed by atoms with Gasteiger partial charge in [-0.2, -0.15) is 0 Å². The second kappa shape index (κ2) is 3.92. The van der Waals surface area contributed by atoms with Crippen molar-refractivity contribution < 1.29 is 4.74 Å². The zero-order chi connectivity index (χ0) is 11.9. The van der Waals surface area contributed by atoms with Crippen molar-refractivity contribution in [2.75, 3.05) is 7.11 Å². The van der Waals surface area contributed by atoms with Crippen LogP contribution >= 0.6 is 11.6 Å². The van der Waals surface area contributed by atoms with Gasteiger partial charge in [0, 0.05) is 25.9 Å². The highest BCUT2D eigenvalue weighted by Crippen LogP contribution is 2.37. The summed E-state index contributed by atoms with van der Waals surface area (Å²) >= 11 is 5.96. The number of ether oxygens (including phenoxy) is 1. The molecule has 17 heavy (non-hydrogen) atoms. The van der Waals surface area contributed by atoms with E-state index in [0.717, 1.165) is 25.1 Å². The first-order chi connectivity index (χ1) is 8.24. The Hall–Kier alpha value is -1.20. The third kappa shape index (κ3) is 1.70. The van der Waals surface area contributed by atoms with Gasteiger partial charge in [-0.25, -0.2) is 4.98 Å². The van der Waals surface area contributed by atoms with Gasteiger partial charge >= 0.3 is 0 Å². The summed E-state index contributed by atoms with van der Waals surface area (Å²) in [5, 5.41) is 8.62. The van der Waals surface area contributed by atoms with E-state index >= 15 is 0 Å². The van der Waals surface area contributed by atoms with Gasteiger partial charge in [0.25, 0.3) is 0 Å². The maximum Gasteiger partial charge on any atom is 0.198 e. The van der Waals surface area contributed by atoms with Gasteiger partial charge in [0.05, 0.1) is 5.60 Å². The molecule has 0 aliphatic heterocycles. The van der Waals surface area contributed by atoms with E-state index in [1.807, 2.05) is 10.6 Å². The fourth-order valence-electron chi connectivity index (χ4n) is 2.28. The van der Waals surface area contributed by atoms with Crippen LogP contribution in [-0.2, 0) is 11.2 Å². The number of methoxy groups -OCH3 is 1. The molecule has 0 N–H and O–H groups in total. The van der Waals surface area contributed by atoms with Crippen LogP contribution in [0.25, 0.3) is 5.65 Å². The van der Waals surface area contributed by atoms with Crippen LogP contribution in [0, 0.1) is 0 Å². The van der Waals surface area contributed by atoms with E-state index in [1.165, 1.54) is 6.42 Å². The normalized spacial score (nSPS) is 18.2. The van der Waals surface area contributed by atoms with Crippen LogP contribution in [0.4, 0.5) is 0 Å². The van der Waals surface area contributed by atoms with Crippen LogP contribution in [0.3, 0.4) is 0 Å². The molecule has 0 unspecified atom stereocenters. The summed E-state index contributed by atoms with van der Waals surface area (Å²) in [6.45, 7) is 0. The lowest BCUT2D eigenvalue weighted by atomic mass is 9.77. The topological polar surface area (TPSA) is 52.3 Å². The van der Waals surface area contributed by atoms with Gasteiger partial charge in [-0.05, 0) is 19.3 Å². The van der Waals surface area contributed by atoms with Crippen LogP contribution in [0.15, 0.2) is 12.4 Å². The van der Waals surface area contributed by atoms with Crippen LogP contribution in [0.2, 0.25) is 5.15 Å². The summed E-state index contributed by atoms with van der Waals surface area (Å²) in [6, 6.07) is 0. The molecule has 90 valence electrons. The molecule has 1 aliphatic carbocycles. The molecular formula is C11H13ClN4O. The quantitative estimate of drug-likeness (QED) is 0.837. The Kier molecular flexibility index (Phi) is 2.52. The Morgan fingerprint density at radius 2 is 2.29 bits per heavy atom. The first-order valence-corrected chi connectivity index (χ1v) is 6.01. The number of rotatable bonds is 3. The molecule has 0 spiro atoms. The molecule has 1 saturated carbocycles. The van der Waals surface area contributed by atoms with E-state index in [2.05, 4.69) is 15.2 Å². The van der Waals surface area contributed by atoms with Gasteiger partial charge in [-0.1, -0.05) is 11.6 Å². The van der Waals surface area contributed by atoms with Crippen molar-refractivity contribution >= 4 is 17.2 Å². The average Bonchev–Trinajstić information content (AvgIpc) is 2.68. The molecule has 3 rings (SSSR count). The summed E-state index contributed by atoms with van der Waals surface area (Å²) in [6.07, 6.45) is 7.63. The molecular weight excluding hydrogens is 240 g/mol. The summed E-state index contributed by atoms with van der Waals surface area (Å²) in [5.74, 6) is 0.880. The molecule has 1 fully saturated rings. The van der Waals surface area contributed by atoms with Crippen LogP contribution in [0.5, 0.6) is 0 Å². The van der Waals surface area contributed by atoms with Crippen molar-refractivity contribution in [3.8, 4) is 0 Å². The van der Waals surface area contributed by atoms with Gasteiger partial charge in [-0.3, -0.25) is 4.40 Å². The van der Waals surface area contributed by atoms with Crippen molar-refractivity contribution in [3.05, 3.63) is 23.4 Å². The standard InChI is InChI=1S/C11H13ClN4O/c1-17-11(3-2-4-11)7-8-14-15-10-9(12)13-5-6-16(8)10/h5-6H,2-4,7H2,1H3. The van der Waals surface area contributed by atoms with Crippen LogP contribution in [0.1, 0.15) is 25.1 Å². The fourth-order valence-corrected chi connectivity index (χ4v) is 2.46. The number of hydrogen-bond donors (Lipinski definition) is 0. The van der Waals surface area contributed by atoms with Gasteiger partial charge < -0.3 is 4.74 Å². The average molecular weight is 253 g/mol. The van der Waals surface area contributed by atoms with Gasteiger partial charge in [0.1, 0.15) is 5.82 Å². The lowest BCUT2D eigenvalue weighted by molar-refractivity contribution is -0.0722. The highest BCUT2D eigenvalue weighted by molar-refractivity contribution is 6.32. The first kappa shape index (κ1) is 10.9. The predicted molar refractivity (Wildman–Crippen MR) is 63.1 cm³/mol. The Morgan fingerprint density at radius 1 is 1.47 bits per heavy atom. The van der Waals surface area contributed by atoms with Crippen molar-refractivity contribution in [2.45, 2.75) is 31.3 Å². The first-order valence-electron chi connectivity index (χ1n) is 5.63. The molecule has 0 radical (unpaired) electrons. The van der Waals surface area contributed by atoms with E-state index in [-0.39, 0.29) is 5.60 Å². The van der Waals surface area contributed by atoms with Crippen molar-refractivity contribution in [1.82, 2.24) is 19.6 Å². The minimum absolute atomic E-state index is 0.0568. The number of fused-ring (bicyclic) bond motifs is 1. The van der Waals surface area contributed by atoms with Crippen molar-refractivity contribution in [1.29, 1.82) is 0 Å². The lowest BCUT2D eigenvalue weighted by Crippen LogP contribution is -2.41. The molecule has 2 heterocycles. The van der Waals surface area contributed by atoms with E-state index in [9.17, 15) is 0 Å². The maximum absolute atomic E-state index is 5.96. The third-order valence-electron chi connectivity index (χ3n) is 3.53. The molecule has 2 aromatic rings. The number of halogens is 1. The number of aromatic nitrogens is 4. The van der Waals surface area contributed by atoms with Gasteiger partial charge in [0.15, 0.2) is 10.8 Å². The van der Waals surface area contributed by atoms with Crippen molar-refractivity contribution in [3.63, 3.8) is 0 Å². The summed E-state index contributed by atoms with van der Waals surface area (Å²) in [7, 11) is 1.76. The molecule has 0 amide bonds. The Bertz CT molecular complexity index is 544. The molecule has 0 bridgehead atoms. The predicted octanol–water partition coefficient (Wildman–Crippen LogP) is 1.89. The molecule has 6 heteroatoms. The highest BCUT2D eigenvalue weighted by Gasteiger charge is 2.38. The third-order valence-corrected chi connectivity index (χ3v) is 3.80. The molecule has 2 aromatic heterocycles. The Labute approximate surface area is 104 Å². The summed E-state index contributed by atoms with van der Waals surface area (Å²) in [5.41, 5.74) is 0.549. The SMILES string of the molecule is COC1(Cc2nnc3c(Cl)nccn23)CCC1. The van der Waals surface area contributed by atoms with Gasteiger partial charge in [-0.15, -0.1) is 10.2 Å². The van der Waals surface area contributed by atoms with Crippen LogP contribution < -0.4 is 0 Å². The van der Waals surface area contributed by atoms with E-state index in [4.69, 9.17) is 16.3 Å². The monoisotopic (exact) mass is 252 g/mol. The molecule has 0 atom stereocenters. The van der Waals surface area contributed by atoms with E-state index in [0.29, 0.717) is 10.8 Å². The van der Waals surface area contributed by atoms with Crippen molar-refractivity contribution in [2.24, 2.45) is 0 Å². The van der Waals surface area contributed by atoms with Crippen LogP contribution in [-0.4, -0.2) is 32.3 Å². The Balaban J connectivity index is 1.98. The maximum atomic E-state index is 5.96. The fraction of sp³-hybridized carbons (Fsp3) is 0.545. The Morgan fingerprint density at radius 3 is 2.94 bits per heavy atom. The largest absolute Gasteiger partial charge is 0.378 e. The molecule has 1 aliphatic rings. The zero-order valence-corrected chi connectivity index (χ0v) is 10.3. The minimum atomic E-state index is -0.0568. The summed E-state index contributed by atoms with van der Waals surface area (Å²) < 4.78 is 7.48. The van der Waals surface area contributed by atoms with Gasteiger partial charge in [0.2, 0.25) is 0 Å². The second-order valence-corrected chi connectivity index (χ2v) is 4.80. The smallest absolute Gasteiger partial charge is 0.198 e. The molecule has 0 saturated heterocycles. The second-order valence-electron chi connectivity index (χ2n) is 4.45. The summed E-state index contributed by atoms with van der Waals surface area (Å²) in [4.78, 5) is 3.98. The zero-order valence-electron chi connectivity index (χ0n) is 9.56. The number of nitrogens with zero attached hydrogens (tertiary/aromatic N) is 4. The number of hydrogen-bond acceptors (Lipinski definition) is 4. The molecule has 5 nitrogen and oxygen atoms in total. The highest BCUT2D eigenvalue weighted by atomic mass is 35.5. The lowest BCUT2D eigenvalue weighted by Gasteiger charge is -2.39. The molecule has 0 aromatic carbocycles.